The number of ketones is 1. The Bertz CT molecular complexity index is 781. The molecule has 178 valence electrons. The molecule has 0 spiro atoms. The van der Waals surface area contributed by atoms with E-state index in [-0.39, 0.29) is 30.6 Å². The summed E-state index contributed by atoms with van der Waals surface area (Å²) in [5, 5.41) is 3.36. The van der Waals surface area contributed by atoms with E-state index in [1.807, 2.05) is 13.0 Å². The molecule has 0 bridgehead atoms. The number of carbonyl (C=O) groups excluding carboxylic acids is 1. The van der Waals surface area contributed by atoms with Crippen molar-refractivity contribution in [2.45, 2.75) is 71.6 Å². The largest absolute Gasteiger partial charge is 0.416 e. The predicted molar refractivity (Wildman–Crippen MR) is 123 cm³/mol. The van der Waals surface area contributed by atoms with Gasteiger partial charge in [-0.1, -0.05) is 56.2 Å². The zero-order valence-corrected chi connectivity index (χ0v) is 19.4. The molecule has 1 aliphatic heterocycles. The van der Waals surface area contributed by atoms with Crippen LogP contribution < -0.4 is 5.32 Å². The quantitative estimate of drug-likeness (QED) is 0.391. The van der Waals surface area contributed by atoms with E-state index in [2.05, 4.69) is 30.5 Å². The van der Waals surface area contributed by atoms with E-state index >= 15 is 0 Å². The minimum atomic E-state index is -4.41. The van der Waals surface area contributed by atoms with E-state index in [1.54, 1.807) is 6.92 Å². The lowest BCUT2D eigenvalue weighted by Crippen LogP contribution is -2.39. The smallest absolute Gasteiger partial charge is 0.371 e. The van der Waals surface area contributed by atoms with Crippen molar-refractivity contribution in [2.75, 3.05) is 19.7 Å². The number of alkyl halides is 3. The fourth-order valence-corrected chi connectivity index (χ4v) is 3.87. The molecule has 2 rings (SSSR count). The first-order valence-electron chi connectivity index (χ1n) is 11.6. The number of halogens is 3. The SMILES string of the molecule is CC=C(C=CC(=CCCC)C1CNCCO1)CCCC(=O)C1=CC(C(F)(F)F)=CCC1C. The number of allylic oxidation sites excluding steroid dienone is 8. The summed E-state index contributed by atoms with van der Waals surface area (Å²) in [6.07, 6.45) is 10.1. The topological polar surface area (TPSA) is 38.3 Å². The molecule has 6 heteroatoms. The van der Waals surface area contributed by atoms with Gasteiger partial charge >= 0.3 is 6.18 Å². The van der Waals surface area contributed by atoms with Crippen LogP contribution in [0.3, 0.4) is 0 Å². The molecule has 2 unspecified atom stereocenters. The third-order valence-electron chi connectivity index (χ3n) is 5.88. The standard InChI is InChI=1S/C26H36F3NO2/c1-4-6-9-21(25-18-30-15-16-32-25)13-12-20(5-2)8-7-10-24(31)23-17-22(26(27,28)29)14-11-19(23)3/h5,9,12-14,17,19,25,30H,4,6-8,10-11,15-16,18H2,1-3H3. The molecule has 1 heterocycles. The van der Waals surface area contributed by atoms with E-state index in [0.29, 0.717) is 25.0 Å². The molecule has 3 nitrogen and oxygen atoms in total. The Kier molecular flexibility index (Phi) is 10.7. The maximum absolute atomic E-state index is 13.0. The van der Waals surface area contributed by atoms with E-state index in [1.165, 1.54) is 6.08 Å². The number of ether oxygens (including phenoxy) is 1. The van der Waals surface area contributed by atoms with Gasteiger partial charge in [0.25, 0.3) is 0 Å². The summed E-state index contributed by atoms with van der Waals surface area (Å²) in [4.78, 5) is 12.6. The van der Waals surface area contributed by atoms with E-state index in [4.69, 9.17) is 4.74 Å². The molecule has 1 N–H and O–H groups in total. The highest BCUT2D eigenvalue weighted by Crippen LogP contribution is 2.34. The van der Waals surface area contributed by atoms with Crippen LogP contribution in [0.4, 0.5) is 13.2 Å². The third kappa shape index (κ3) is 8.21. The van der Waals surface area contributed by atoms with Crippen LogP contribution in [0, 0.1) is 5.92 Å². The Labute approximate surface area is 190 Å². The zero-order chi connectivity index (χ0) is 23.6. The minimum Gasteiger partial charge on any atom is -0.371 e. The number of unbranched alkanes of at least 4 members (excludes halogenated alkanes) is 1. The molecule has 2 atom stereocenters. The van der Waals surface area contributed by atoms with Crippen molar-refractivity contribution in [1.29, 1.82) is 0 Å². The second-order valence-electron chi connectivity index (χ2n) is 8.42. The van der Waals surface area contributed by atoms with Crippen molar-refractivity contribution in [1.82, 2.24) is 5.32 Å². The van der Waals surface area contributed by atoms with Crippen molar-refractivity contribution in [3.63, 3.8) is 0 Å². The second kappa shape index (κ2) is 12.9. The maximum Gasteiger partial charge on any atom is 0.416 e. The third-order valence-corrected chi connectivity index (χ3v) is 5.88. The number of hydrogen-bond donors (Lipinski definition) is 1. The summed E-state index contributed by atoms with van der Waals surface area (Å²) in [7, 11) is 0. The number of rotatable bonds is 10. The molecule has 0 aromatic rings. The molecule has 1 aliphatic carbocycles. The van der Waals surface area contributed by atoms with Gasteiger partial charge in [-0.15, -0.1) is 0 Å². The first-order chi connectivity index (χ1) is 15.3. The van der Waals surface area contributed by atoms with Crippen molar-refractivity contribution in [3.8, 4) is 0 Å². The van der Waals surface area contributed by atoms with Gasteiger partial charge in [-0.2, -0.15) is 13.2 Å². The van der Waals surface area contributed by atoms with Crippen molar-refractivity contribution < 1.29 is 22.7 Å². The van der Waals surface area contributed by atoms with Crippen molar-refractivity contribution in [3.05, 3.63) is 58.7 Å². The van der Waals surface area contributed by atoms with E-state index in [9.17, 15) is 18.0 Å². The van der Waals surface area contributed by atoms with Crippen molar-refractivity contribution in [2.24, 2.45) is 5.92 Å². The first kappa shape index (κ1) is 26.3. The van der Waals surface area contributed by atoms with Gasteiger partial charge in [0.1, 0.15) is 0 Å². The van der Waals surface area contributed by atoms with Crippen LogP contribution in [-0.4, -0.2) is 37.8 Å². The summed E-state index contributed by atoms with van der Waals surface area (Å²) in [6.45, 7) is 8.26. The summed E-state index contributed by atoms with van der Waals surface area (Å²) in [5.41, 5.74) is 1.85. The van der Waals surface area contributed by atoms with Crippen LogP contribution in [0.1, 0.15) is 59.3 Å². The average molecular weight is 452 g/mol. The highest BCUT2D eigenvalue weighted by molar-refractivity contribution is 5.96. The van der Waals surface area contributed by atoms with Gasteiger partial charge in [0.05, 0.1) is 18.3 Å². The molecular formula is C26H36F3NO2. The Morgan fingerprint density at radius 2 is 2.06 bits per heavy atom. The molecule has 0 aromatic heterocycles. The van der Waals surface area contributed by atoms with Gasteiger partial charge in [0.15, 0.2) is 5.78 Å². The molecule has 0 aromatic carbocycles. The van der Waals surface area contributed by atoms with Gasteiger partial charge in [0.2, 0.25) is 0 Å². The molecule has 2 aliphatic rings. The van der Waals surface area contributed by atoms with Crippen LogP contribution in [0.15, 0.2) is 58.7 Å². The molecule has 0 amide bonds. The average Bonchev–Trinajstić information content (AvgIpc) is 2.77. The number of carbonyl (C=O) groups is 1. The number of nitrogens with one attached hydrogen (secondary N) is 1. The number of hydrogen-bond acceptors (Lipinski definition) is 3. The Balaban J connectivity index is 1.94. The van der Waals surface area contributed by atoms with Crippen molar-refractivity contribution >= 4 is 5.78 Å². The lowest BCUT2D eigenvalue weighted by Gasteiger charge is -2.25. The predicted octanol–water partition coefficient (Wildman–Crippen LogP) is 6.40. The van der Waals surface area contributed by atoms with Gasteiger partial charge in [-0.3, -0.25) is 4.79 Å². The molecular weight excluding hydrogens is 415 g/mol. The lowest BCUT2D eigenvalue weighted by molar-refractivity contribution is -0.116. The summed E-state index contributed by atoms with van der Waals surface area (Å²) in [6, 6.07) is 0. The second-order valence-corrected chi connectivity index (χ2v) is 8.42. The van der Waals surface area contributed by atoms with Gasteiger partial charge < -0.3 is 10.1 Å². The van der Waals surface area contributed by atoms with Crippen LogP contribution in [0.2, 0.25) is 0 Å². The van der Waals surface area contributed by atoms with Crippen LogP contribution >= 0.6 is 0 Å². The van der Waals surface area contributed by atoms with Gasteiger partial charge in [-0.05, 0) is 55.7 Å². The first-order valence-corrected chi connectivity index (χ1v) is 11.6. The monoisotopic (exact) mass is 451 g/mol. The Morgan fingerprint density at radius 3 is 2.69 bits per heavy atom. The molecule has 1 saturated heterocycles. The highest BCUT2D eigenvalue weighted by atomic mass is 19.4. The molecule has 1 fully saturated rings. The minimum absolute atomic E-state index is 0.0434. The fourth-order valence-electron chi connectivity index (χ4n) is 3.87. The number of morpholine rings is 1. The lowest BCUT2D eigenvalue weighted by atomic mass is 9.85. The zero-order valence-electron chi connectivity index (χ0n) is 19.4. The van der Waals surface area contributed by atoms with Crippen LogP contribution in [0.25, 0.3) is 0 Å². The van der Waals surface area contributed by atoms with E-state index < -0.39 is 11.7 Å². The molecule has 32 heavy (non-hydrogen) atoms. The van der Waals surface area contributed by atoms with Crippen LogP contribution in [0.5, 0.6) is 0 Å². The fraction of sp³-hybridized carbons (Fsp3) is 0.577. The summed E-state index contributed by atoms with van der Waals surface area (Å²) < 4.78 is 44.9. The molecule has 0 radical (unpaired) electrons. The Morgan fingerprint density at radius 1 is 1.28 bits per heavy atom. The highest BCUT2D eigenvalue weighted by Gasteiger charge is 2.35. The summed E-state index contributed by atoms with van der Waals surface area (Å²) >= 11 is 0. The van der Waals surface area contributed by atoms with E-state index in [0.717, 1.165) is 43.2 Å². The number of Topliss-reactive ketones (excluding diaryl/α,β-unsaturated/α-hetero) is 1. The van der Waals surface area contributed by atoms with Crippen LogP contribution in [-0.2, 0) is 9.53 Å². The van der Waals surface area contributed by atoms with Gasteiger partial charge in [0, 0.05) is 19.5 Å². The Hall–Kier alpha value is -1.92. The van der Waals surface area contributed by atoms with Gasteiger partial charge in [-0.25, -0.2) is 0 Å². The molecule has 0 saturated carbocycles. The maximum atomic E-state index is 13.0. The summed E-state index contributed by atoms with van der Waals surface area (Å²) in [5.74, 6) is -0.359. The normalized spacial score (nSPS) is 23.3.